The Hall–Kier alpha value is -0.840. The Balaban J connectivity index is 2.55. The van der Waals surface area contributed by atoms with E-state index in [1.54, 1.807) is 12.1 Å². The van der Waals surface area contributed by atoms with Gasteiger partial charge in [0.05, 0.1) is 15.7 Å². The van der Waals surface area contributed by atoms with Crippen LogP contribution in [0.4, 0.5) is 10.5 Å². The summed E-state index contributed by atoms with van der Waals surface area (Å²) in [5.74, 6) is 0. The second kappa shape index (κ2) is 7.43. The molecule has 4 nitrogen and oxygen atoms in total. The van der Waals surface area contributed by atoms with Gasteiger partial charge in [0, 0.05) is 17.6 Å². The quantitative estimate of drug-likeness (QED) is 0.803. The van der Waals surface area contributed by atoms with E-state index in [1.165, 1.54) is 0 Å². The highest BCUT2D eigenvalue weighted by Gasteiger charge is 2.17. The first-order valence-electron chi connectivity index (χ1n) is 6.46. The molecule has 1 unspecified atom stereocenters. The third-order valence-corrected chi connectivity index (χ3v) is 3.16. The molecule has 0 aromatic heterocycles. The summed E-state index contributed by atoms with van der Waals surface area (Å²) in [6, 6.07) is 3.12. The standard InChI is InChI=1S/C14H19Cl3N2O2/c1-8(7-18-13(20)21-14(2,3)4)19-12-10(16)5-9(15)6-11(12)17/h5-6,8,19H,7H2,1-4H3,(H,18,20). The number of nitrogens with one attached hydrogen (secondary N) is 2. The van der Waals surface area contributed by atoms with Gasteiger partial charge in [0.25, 0.3) is 0 Å². The van der Waals surface area contributed by atoms with Crippen molar-refractivity contribution in [3.8, 4) is 0 Å². The fourth-order valence-electron chi connectivity index (χ4n) is 1.53. The number of carbonyl (C=O) groups is 1. The molecular formula is C14H19Cl3N2O2. The maximum atomic E-state index is 11.6. The summed E-state index contributed by atoms with van der Waals surface area (Å²) in [7, 11) is 0. The van der Waals surface area contributed by atoms with Crippen molar-refractivity contribution in [3.05, 3.63) is 27.2 Å². The topological polar surface area (TPSA) is 50.4 Å². The van der Waals surface area contributed by atoms with Crippen molar-refractivity contribution in [2.75, 3.05) is 11.9 Å². The van der Waals surface area contributed by atoms with E-state index in [1.807, 2.05) is 27.7 Å². The molecule has 2 N–H and O–H groups in total. The molecule has 0 fully saturated rings. The van der Waals surface area contributed by atoms with Crippen molar-refractivity contribution < 1.29 is 9.53 Å². The minimum absolute atomic E-state index is 0.0892. The highest BCUT2D eigenvalue weighted by atomic mass is 35.5. The Kier molecular flexibility index (Phi) is 6.44. The molecule has 118 valence electrons. The van der Waals surface area contributed by atoms with E-state index in [2.05, 4.69) is 10.6 Å². The largest absolute Gasteiger partial charge is 0.444 e. The first kappa shape index (κ1) is 18.2. The number of rotatable bonds is 4. The Morgan fingerprint density at radius 2 is 1.76 bits per heavy atom. The third kappa shape index (κ3) is 6.64. The van der Waals surface area contributed by atoms with E-state index >= 15 is 0 Å². The summed E-state index contributed by atoms with van der Waals surface area (Å²) in [4.78, 5) is 11.6. The van der Waals surface area contributed by atoms with Crippen molar-refractivity contribution in [3.63, 3.8) is 0 Å². The van der Waals surface area contributed by atoms with Crippen LogP contribution >= 0.6 is 34.8 Å². The van der Waals surface area contributed by atoms with Gasteiger partial charge in [-0.05, 0) is 39.8 Å². The molecule has 0 radical (unpaired) electrons. The van der Waals surface area contributed by atoms with E-state index < -0.39 is 11.7 Å². The summed E-state index contributed by atoms with van der Waals surface area (Å²) in [5.41, 5.74) is 0.0602. The molecule has 0 bridgehead atoms. The molecule has 0 spiro atoms. The van der Waals surface area contributed by atoms with Gasteiger partial charge in [-0.25, -0.2) is 4.79 Å². The average Bonchev–Trinajstić information content (AvgIpc) is 2.29. The van der Waals surface area contributed by atoms with E-state index in [0.717, 1.165) is 0 Å². The number of halogens is 3. The van der Waals surface area contributed by atoms with Gasteiger partial charge in [0.15, 0.2) is 0 Å². The highest BCUT2D eigenvalue weighted by molar-refractivity contribution is 6.41. The second-order valence-corrected chi connectivity index (χ2v) is 6.92. The van der Waals surface area contributed by atoms with Gasteiger partial charge in [-0.3, -0.25) is 0 Å². The minimum Gasteiger partial charge on any atom is -0.444 e. The lowest BCUT2D eigenvalue weighted by atomic mass is 10.2. The monoisotopic (exact) mass is 352 g/mol. The molecule has 1 rings (SSSR count). The molecule has 0 aliphatic heterocycles. The summed E-state index contributed by atoms with van der Waals surface area (Å²) in [6.07, 6.45) is -0.468. The second-order valence-electron chi connectivity index (χ2n) is 5.67. The average molecular weight is 354 g/mol. The Morgan fingerprint density at radius 3 is 2.24 bits per heavy atom. The van der Waals surface area contributed by atoms with Crippen LogP contribution in [-0.4, -0.2) is 24.3 Å². The van der Waals surface area contributed by atoms with Gasteiger partial charge in [-0.15, -0.1) is 0 Å². The van der Waals surface area contributed by atoms with Crippen LogP contribution < -0.4 is 10.6 Å². The fraction of sp³-hybridized carbons (Fsp3) is 0.500. The van der Waals surface area contributed by atoms with Crippen molar-refractivity contribution in [2.45, 2.75) is 39.3 Å². The number of alkyl carbamates (subject to hydrolysis) is 1. The molecule has 0 saturated heterocycles. The molecule has 1 aromatic carbocycles. The van der Waals surface area contributed by atoms with Crippen LogP contribution in [0.25, 0.3) is 0 Å². The Bertz CT molecular complexity index is 492. The molecule has 0 heterocycles. The van der Waals surface area contributed by atoms with Crippen LogP contribution in [-0.2, 0) is 4.74 Å². The van der Waals surface area contributed by atoms with E-state index in [-0.39, 0.29) is 6.04 Å². The van der Waals surface area contributed by atoms with E-state index in [0.29, 0.717) is 27.3 Å². The zero-order valence-corrected chi connectivity index (χ0v) is 14.7. The van der Waals surface area contributed by atoms with Gasteiger partial charge >= 0.3 is 6.09 Å². The smallest absolute Gasteiger partial charge is 0.407 e. The predicted molar refractivity (Wildman–Crippen MR) is 88.8 cm³/mol. The summed E-state index contributed by atoms with van der Waals surface area (Å²) in [6.45, 7) is 7.67. The lowest BCUT2D eigenvalue weighted by Gasteiger charge is -2.22. The summed E-state index contributed by atoms with van der Waals surface area (Å²) >= 11 is 18.0. The lowest BCUT2D eigenvalue weighted by Crippen LogP contribution is -2.38. The third-order valence-electron chi connectivity index (χ3n) is 2.35. The number of ether oxygens (including phenoxy) is 1. The van der Waals surface area contributed by atoms with Gasteiger partial charge in [-0.2, -0.15) is 0 Å². The Morgan fingerprint density at radius 1 is 1.24 bits per heavy atom. The van der Waals surface area contributed by atoms with E-state index in [9.17, 15) is 4.79 Å². The molecule has 1 aromatic rings. The zero-order chi connectivity index (χ0) is 16.2. The van der Waals surface area contributed by atoms with Crippen LogP contribution in [0.5, 0.6) is 0 Å². The number of hydrogen-bond acceptors (Lipinski definition) is 3. The lowest BCUT2D eigenvalue weighted by molar-refractivity contribution is 0.0526. The number of amides is 1. The molecule has 0 saturated carbocycles. The molecule has 0 aliphatic carbocycles. The van der Waals surface area contributed by atoms with Crippen LogP contribution in [0.1, 0.15) is 27.7 Å². The van der Waals surface area contributed by atoms with Crippen LogP contribution in [0.3, 0.4) is 0 Å². The zero-order valence-electron chi connectivity index (χ0n) is 12.4. The van der Waals surface area contributed by atoms with Crippen molar-refractivity contribution >= 4 is 46.6 Å². The van der Waals surface area contributed by atoms with Crippen LogP contribution in [0.2, 0.25) is 15.1 Å². The van der Waals surface area contributed by atoms with Crippen molar-refractivity contribution in [1.29, 1.82) is 0 Å². The number of hydrogen-bond donors (Lipinski definition) is 2. The minimum atomic E-state index is -0.524. The first-order chi connectivity index (χ1) is 9.58. The SMILES string of the molecule is CC(CNC(=O)OC(C)(C)C)Nc1c(Cl)cc(Cl)cc1Cl. The highest BCUT2D eigenvalue weighted by Crippen LogP contribution is 2.33. The van der Waals surface area contributed by atoms with Crippen molar-refractivity contribution in [1.82, 2.24) is 5.32 Å². The van der Waals surface area contributed by atoms with Gasteiger partial charge < -0.3 is 15.4 Å². The van der Waals surface area contributed by atoms with Crippen molar-refractivity contribution in [2.24, 2.45) is 0 Å². The molecular weight excluding hydrogens is 335 g/mol. The number of carbonyl (C=O) groups excluding carboxylic acids is 1. The molecule has 1 atom stereocenters. The van der Waals surface area contributed by atoms with Gasteiger partial charge in [0.2, 0.25) is 0 Å². The first-order valence-corrected chi connectivity index (χ1v) is 7.60. The number of benzene rings is 1. The van der Waals surface area contributed by atoms with Gasteiger partial charge in [0.1, 0.15) is 5.60 Å². The number of anilines is 1. The fourth-order valence-corrected chi connectivity index (χ4v) is 2.45. The summed E-state index contributed by atoms with van der Waals surface area (Å²) < 4.78 is 5.15. The molecule has 21 heavy (non-hydrogen) atoms. The maximum absolute atomic E-state index is 11.6. The molecule has 7 heteroatoms. The van der Waals surface area contributed by atoms with Crippen LogP contribution in [0.15, 0.2) is 12.1 Å². The normalized spacial score (nSPS) is 12.7. The Labute approximate surface area is 140 Å². The molecule has 1 amide bonds. The van der Waals surface area contributed by atoms with E-state index in [4.69, 9.17) is 39.5 Å². The summed E-state index contributed by atoms with van der Waals surface area (Å²) in [5, 5.41) is 7.13. The van der Waals surface area contributed by atoms with Gasteiger partial charge in [-0.1, -0.05) is 34.8 Å². The van der Waals surface area contributed by atoms with Crippen LogP contribution in [0, 0.1) is 0 Å². The molecule has 0 aliphatic rings. The predicted octanol–water partition coefficient (Wildman–Crippen LogP) is 4.97. The maximum Gasteiger partial charge on any atom is 0.407 e.